The summed E-state index contributed by atoms with van der Waals surface area (Å²) in [6.07, 6.45) is 0. The average molecular weight is 431 g/mol. The lowest BCUT2D eigenvalue weighted by atomic mass is 10.1. The molecule has 30 heavy (non-hydrogen) atoms. The molecule has 0 bridgehead atoms. The Hall–Kier alpha value is -3.13. The van der Waals surface area contributed by atoms with Gasteiger partial charge in [-0.3, -0.25) is 19.7 Å². The number of anilines is 2. The number of piperazine rings is 1. The molecule has 0 spiro atoms. The van der Waals surface area contributed by atoms with Crippen molar-refractivity contribution in [2.45, 2.75) is 13.8 Å². The van der Waals surface area contributed by atoms with Crippen LogP contribution in [0.1, 0.15) is 24.2 Å². The average Bonchev–Trinajstić information content (AvgIpc) is 2.74. The Kier molecular flexibility index (Phi) is 6.56. The highest BCUT2D eigenvalue weighted by Crippen LogP contribution is 2.24. The van der Waals surface area contributed by atoms with E-state index in [9.17, 15) is 19.7 Å². The molecule has 3 rings (SSSR count). The summed E-state index contributed by atoms with van der Waals surface area (Å²) >= 11 is 6.02. The van der Waals surface area contributed by atoms with Gasteiger partial charge in [0.1, 0.15) is 0 Å². The first-order valence-electron chi connectivity index (χ1n) is 9.65. The predicted molar refractivity (Wildman–Crippen MR) is 116 cm³/mol. The van der Waals surface area contributed by atoms with Gasteiger partial charge in [-0.2, -0.15) is 0 Å². The number of halogens is 1. The van der Waals surface area contributed by atoms with Crippen LogP contribution in [-0.2, 0) is 4.79 Å². The van der Waals surface area contributed by atoms with E-state index in [1.54, 1.807) is 12.1 Å². The quantitative estimate of drug-likeness (QED) is 0.574. The summed E-state index contributed by atoms with van der Waals surface area (Å²) in [5.41, 5.74) is 1.40. The van der Waals surface area contributed by atoms with E-state index in [0.717, 1.165) is 24.8 Å². The zero-order valence-electron chi connectivity index (χ0n) is 16.8. The van der Waals surface area contributed by atoms with E-state index in [2.05, 4.69) is 10.2 Å². The lowest BCUT2D eigenvalue weighted by molar-refractivity contribution is -0.384. The highest BCUT2D eigenvalue weighted by atomic mass is 35.5. The van der Waals surface area contributed by atoms with Gasteiger partial charge in [0.05, 0.1) is 15.5 Å². The summed E-state index contributed by atoms with van der Waals surface area (Å²) in [5, 5.41) is 13.8. The van der Waals surface area contributed by atoms with Crippen LogP contribution >= 0.6 is 11.6 Å². The Balaban J connectivity index is 1.63. The minimum Gasteiger partial charge on any atom is -0.368 e. The third-order valence-electron chi connectivity index (χ3n) is 4.98. The van der Waals surface area contributed by atoms with Crippen molar-refractivity contribution in [2.24, 2.45) is 5.92 Å². The molecule has 0 aliphatic carbocycles. The van der Waals surface area contributed by atoms with Crippen LogP contribution in [0.25, 0.3) is 0 Å². The normalized spacial score (nSPS) is 14.0. The second-order valence-electron chi connectivity index (χ2n) is 7.39. The van der Waals surface area contributed by atoms with Crippen molar-refractivity contribution in [1.82, 2.24) is 4.90 Å². The van der Waals surface area contributed by atoms with Crippen molar-refractivity contribution < 1.29 is 14.5 Å². The summed E-state index contributed by atoms with van der Waals surface area (Å²) in [6, 6.07) is 11.1. The first-order valence-corrected chi connectivity index (χ1v) is 10.0. The molecule has 0 saturated carbocycles. The van der Waals surface area contributed by atoms with Crippen LogP contribution in [0, 0.1) is 16.0 Å². The monoisotopic (exact) mass is 430 g/mol. The molecule has 2 aromatic rings. The van der Waals surface area contributed by atoms with Crippen LogP contribution in [0.2, 0.25) is 5.02 Å². The molecule has 0 radical (unpaired) electrons. The maximum Gasteiger partial charge on any atom is 0.270 e. The largest absolute Gasteiger partial charge is 0.368 e. The fraction of sp³-hybridized carbons (Fsp3) is 0.333. The minimum atomic E-state index is -0.573. The molecule has 158 valence electrons. The van der Waals surface area contributed by atoms with Crippen LogP contribution in [0.5, 0.6) is 0 Å². The number of carbonyl (C=O) groups is 2. The van der Waals surface area contributed by atoms with Crippen molar-refractivity contribution in [2.75, 3.05) is 36.4 Å². The van der Waals surface area contributed by atoms with Gasteiger partial charge in [0.15, 0.2) is 0 Å². The number of hydrogen-bond donors (Lipinski definition) is 1. The molecule has 1 heterocycles. The molecule has 0 aromatic heterocycles. The molecule has 2 amide bonds. The predicted octanol–water partition coefficient (Wildman–Crippen LogP) is 3.81. The van der Waals surface area contributed by atoms with Crippen molar-refractivity contribution in [3.8, 4) is 0 Å². The molecule has 0 unspecified atom stereocenters. The van der Waals surface area contributed by atoms with E-state index in [0.29, 0.717) is 18.8 Å². The smallest absolute Gasteiger partial charge is 0.270 e. The first kappa shape index (κ1) is 21.6. The molecule has 9 heteroatoms. The maximum absolute atomic E-state index is 12.5. The second-order valence-corrected chi connectivity index (χ2v) is 7.80. The number of nitro benzene ring substituents is 1. The number of nitrogens with one attached hydrogen (secondary N) is 1. The lowest BCUT2D eigenvalue weighted by Gasteiger charge is -2.37. The van der Waals surface area contributed by atoms with E-state index < -0.39 is 10.8 Å². The fourth-order valence-electron chi connectivity index (χ4n) is 3.31. The molecule has 1 N–H and O–H groups in total. The first-order chi connectivity index (χ1) is 14.3. The Morgan fingerprint density at radius 3 is 2.27 bits per heavy atom. The number of amides is 2. The van der Waals surface area contributed by atoms with Gasteiger partial charge >= 0.3 is 0 Å². The fourth-order valence-corrected chi connectivity index (χ4v) is 3.51. The Morgan fingerprint density at radius 2 is 1.70 bits per heavy atom. The Bertz CT molecular complexity index is 954. The number of carbonyl (C=O) groups excluding carboxylic acids is 2. The maximum atomic E-state index is 12.5. The SMILES string of the molecule is CC(C)C(=O)N1CCN(c2ccc(NC(=O)c3cc([N+](=O)[O-])ccc3Cl)cc2)CC1. The molecule has 1 saturated heterocycles. The standard InChI is InChI=1S/C21H23ClN4O4/c1-14(2)21(28)25-11-9-24(10-12-25)16-5-3-15(4-6-16)23-20(27)18-13-17(26(29)30)7-8-19(18)22/h3-8,13-14H,9-12H2,1-2H3,(H,23,27). The third-order valence-corrected chi connectivity index (χ3v) is 5.31. The van der Waals surface area contributed by atoms with Gasteiger partial charge in [-0.1, -0.05) is 25.4 Å². The van der Waals surface area contributed by atoms with E-state index in [1.165, 1.54) is 12.1 Å². The van der Waals surface area contributed by atoms with E-state index in [1.807, 2.05) is 30.9 Å². The molecular weight excluding hydrogens is 408 g/mol. The lowest BCUT2D eigenvalue weighted by Crippen LogP contribution is -2.49. The second kappa shape index (κ2) is 9.13. The van der Waals surface area contributed by atoms with Crippen LogP contribution in [0.4, 0.5) is 17.1 Å². The van der Waals surface area contributed by atoms with Crippen molar-refractivity contribution in [3.05, 3.63) is 63.2 Å². The molecular formula is C21H23ClN4O4. The number of nitrogens with zero attached hydrogens (tertiary/aromatic N) is 3. The molecule has 2 aromatic carbocycles. The molecule has 0 atom stereocenters. The van der Waals surface area contributed by atoms with Gasteiger partial charge in [0.2, 0.25) is 5.91 Å². The number of non-ortho nitro benzene ring substituents is 1. The molecule has 1 fully saturated rings. The zero-order valence-corrected chi connectivity index (χ0v) is 17.6. The molecule has 1 aliphatic heterocycles. The molecule has 8 nitrogen and oxygen atoms in total. The number of hydrogen-bond acceptors (Lipinski definition) is 5. The summed E-state index contributed by atoms with van der Waals surface area (Å²) in [5.74, 6) is -0.344. The minimum absolute atomic E-state index is 0.000928. The number of rotatable bonds is 5. The summed E-state index contributed by atoms with van der Waals surface area (Å²) < 4.78 is 0. The summed E-state index contributed by atoms with van der Waals surface area (Å²) in [6.45, 7) is 6.66. The van der Waals surface area contributed by atoms with Gasteiger partial charge in [0, 0.05) is 55.6 Å². The van der Waals surface area contributed by atoms with Crippen molar-refractivity contribution in [3.63, 3.8) is 0 Å². The van der Waals surface area contributed by atoms with Gasteiger partial charge in [-0.15, -0.1) is 0 Å². The van der Waals surface area contributed by atoms with Gasteiger partial charge < -0.3 is 15.1 Å². The van der Waals surface area contributed by atoms with Crippen LogP contribution in [0.15, 0.2) is 42.5 Å². The zero-order chi connectivity index (χ0) is 21.8. The van der Waals surface area contributed by atoms with Crippen molar-refractivity contribution in [1.29, 1.82) is 0 Å². The van der Waals surface area contributed by atoms with Gasteiger partial charge in [0.25, 0.3) is 11.6 Å². The van der Waals surface area contributed by atoms with Crippen LogP contribution in [0.3, 0.4) is 0 Å². The third kappa shape index (κ3) is 4.88. The Morgan fingerprint density at radius 1 is 1.07 bits per heavy atom. The van der Waals surface area contributed by atoms with E-state index in [4.69, 9.17) is 11.6 Å². The van der Waals surface area contributed by atoms with Crippen molar-refractivity contribution >= 4 is 40.5 Å². The van der Waals surface area contributed by atoms with E-state index >= 15 is 0 Å². The Labute approximate surface area is 179 Å². The summed E-state index contributed by atoms with van der Waals surface area (Å²) in [4.78, 5) is 39.0. The number of benzene rings is 2. The van der Waals surface area contributed by atoms with Gasteiger partial charge in [-0.25, -0.2) is 0 Å². The van der Waals surface area contributed by atoms with E-state index in [-0.39, 0.29) is 28.1 Å². The van der Waals surface area contributed by atoms with Crippen LogP contribution < -0.4 is 10.2 Å². The van der Waals surface area contributed by atoms with Crippen LogP contribution in [-0.4, -0.2) is 47.8 Å². The molecule has 1 aliphatic rings. The summed E-state index contributed by atoms with van der Waals surface area (Å²) in [7, 11) is 0. The highest BCUT2D eigenvalue weighted by Gasteiger charge is 2.23. The highest BCUT2D eigenvalue weighted by molar-refractivity contribution is 6.34. The topological polar surface area (TPSA) is 95.8 Å². The number of nitro groups is 1. The van der Waals surface area contributed by atoms with Gasteiger partial charge in [-0.05, 0) is 30.3 Å².